The fourth-order valence-electron chi connectivity index (χ4n) is 2.37. The third-order valence-corrected chi connectivity index (χ3v) is 3.92. The van der Waals surface area contributed by atoms with Gasteiger partial charge in [-0.15, -0.1) is 0 Å². The molecule has 5 nitrogen and oxygen atoms in total. The monoisotopic (exact) mass is 347 g/mol. The van der Waals surface area contributed by atoms with E-state index in [4.69, 9.17) is 9.47 Å². The van der Waals surface area contributed by atoms with Crippen molar-refractivity contribution in [3.8, 4) is 0 Å². The van der Waals surface area contributed by atoms with E-state index in [9.17, 15) is 0 Å². The van der Waals surface area contributed by atoms with Crippen molar-refractivity contribution in [1.82, 2.24) is 15.1 Å². The molecule has 0 amide bonds. The van der Waals surface area contributed by atoms with Crippen LogP contribution in [0.4, 0.5) is 0 Å². The second kappa shape index (κ2) is 9.50. The van der Waals surface area contributed by atoms with Gasteiger partial charge in [-0.2, -0.15) is 5.10 Å². The normalized spacial score (nSPS) is 14.4. The Labute approximate surface area is 130 Å². The number of likely N-dealkylation sites (N-methyl/N-ethyl adjacent to an activating group) is 1. The molecule has 0 fully saturated rings. The molecule has 0 aliphatic carbocycles. The topological polar surface area (TPSA) is 48.3 Å². The van der Waals surface area contributed by atoms with Crippen molar-refractivity contribution in [3.05, 3.63) is 16.4 Å². The highest BCUT2D eigenvalue weighted by atomic mass is 79.9. The molecule has 0 saturated heterocycles. The van der Waals surface area contributed by atoms with Crippen molar-refractivity contribution >= 4 is 15.9 Å². The van der Waals surface area contributed by atoms with Crippen LogP contribution in [-0.2, 0) is 16.0 Å². The number of nitrogens with zero attached hydrogens (tertiary/aromatic N) is 2. The number of nitrogens with one attached hydrogen (secondary N) is 1. The lowest BCUT2D eigenvalue weighted by Crippen LogP contribution is -2.35. The van der Waals surface area contributed by atoms with Gasteiger partial charge in [0.05, 0.1) is 41.7 Å². The lowest BCUT2D eigenvalue weighted by atomic mass is 10.0. The molecule has 20 heavy (non-hydrogen) atoms. The summed E-state index contributed by atoms with van der Waals surface area (Å²) in [7, 11) is 3.48. The zero-order valence-corrected chi connectivity index (χ0v) is 14.4. The van der Waals surface area contributed by atoms with Crippen LogP contribution in [0.25, 0.3) is 0 Å². The second-order valence-corrected chi connectivity index (χ2v) is 5.55. The second-order valence-electron chi connectivity index (χ2n) is 4.69. The van der Waals surface area contributed by atoms with Gasteiger partial charge in [0, 0.05) is 14.2 Å². The van der Waals surface area contributed by atoms with Crippen LogP contribution in [-0.4, -0.2) is 43.3 Å². The predicted molar refractivity (Wildman–Crippen MR) is 83.9 cm³/mol. The Hall–Kier alpha value is -0.430. The number of methoxy groups -OCH3 is 2. The van der Waals surface area contributed by atoms with Gasteiger partial charge in [0.2, 0.25) is 0 Å². The first-order valence-corrected chi connectivity index (χ1v) is 7.95. The summed E-state index contributed by atoms with van der Waals surface area (Å²) in [5.41, 5.74) is 1.13. The van der Waals surface area contributed by atoms with E-state index in [1.807, 2.05) is 10.9 Å². The molecule has 1 aromatic rings. The highest BCUT2D eigenvalue weighted by Crippen LogP contribution is 2.28. The maximum absolute atomic E-state index is 5.69. The summed E-state index contributed by atoms with van der Waals surface area (Å²) < 4.78 is 13.8. The first-order valence-electron chi connectivity index (χ1n) is 7.15. The van der Waals surface area contributed by atoms with E-state index in [0.29, 0.717) is 6.61 Å². The summed E-state index contributed by atoms with van der Waals surface area (Å²) in [5.74, 6) is 0. The zero-order valence-electron chi connectivity index (χ0n) is 12.9. The average molecular weight is 348 g/mol. The molecule has 0 saturated carbocycles. The van der Waals surface area contributed by atoms with E-state index in [1.54, 1.807) is 14.2 Å². The third kappa shape index (κ3) is 4.55. The molecule has 0 radical (unpaired) electrons. The first kappa shape index (κ1) is 17.6. The summed E-state index contributed by atoms with van der Waals surface area (Å²) in [6.07, 6.45) is 4.07. The van der Waals surface area contributed by atoms with Gasteiger partial charge in [-0.3, -0.25) is 4.68 Å². The molecule has 0 aliphatic heterocycles. The molecule has 0 spiro atoms. The van der Waals surface area contributed by atoms with Gasteiger partial charge in [-0.05, 0) is 28.9 Å². The van der Waals surface area contributed by atoms with Gasteiger partial charge in [0.25, 0.3) is 0 Å². The summed E-state index contributed by atoms with van der Waals surface area (Å²) in [4.78, 5) is 0. The van der Waals surface area contributed by atoms with Crippen LogP contribution in [0.15, 0.2) is 10.7 Å². The Morgan fingerprint density at radius 3 is 2.70 bits per heavy atom. The quantitative estimate of drug-likeness (QED) is 0.706. The lowest BCUT2D eigenvalue weighted by molar-refractivity contribution is 0.0574. The zero-order chi connectivity index (χ0) is 15.0. The van der Waals surface area contributed by atoms with Gasteiger partial charge < -0.3 is 14.8 Å². The van der Waals surface area contributed by atoms with Gasteiger partial charge in [0.1, 0.15) is 0 Å². The van der Waals surface area contributed by atoms with Crippen LogP contribution in [0.2, 0.25) is 0 Å². The number of aromatic nitrogens is 2. The molecule has 2 atom stereocenters. The molecule has 0 aromatic carbocycles. The van der Waals surface area contributed by atoms with Crippen molar-refractivity contribution in [3.63, 3.8) is 0 Å². The fraction of sp³-hybridized carbons (Fsp3) is 0.786. The first-order chi connectivity index (χ1) is 9.69. The third-order valence-electron chi connectivity index (χ3n) is 3.31. The van der Waals surface area contributed by atoms with E-state index in [1.165, 1.54) is 0 Å². The molecule has 1 rings (SSSR count). The Balaban J connectivity index is 3.02. The predicted octanol–water partition coefficient (Wildman–Crippen LogP) is 2.76. The average Bonchev–Trinajstić information content (AvgIpc) is 2.81. The molecule has 0 aliphatic rings. The highest BCUT2D eigenvalue weighted by Gasteiger charge is 2.27. The number of rotatable bonds is 10. The molecule has 0 bridgehead atoms. The molecular formula is C14H26BrN3O2. The van der Waals surface area contributed by atoms with Crippen molar-refractivity contribution in [2.75, 3.05) is 27.4 Å². The molecule has 2 unspecified atom stereocenters. The van der Waals surface area contributed by atoms with Crippen molar-refractivity contribution in [2.24, 2.45) is 0 Å². The Kier molecular flexibility index (Phi) is 8.37. The molecular weight excluding hydrogens is 322 g/mol. The number of halogens is 1. The Bertz CT molecular complexity index is 384. The van der Waals surface area contributed by atoms with E-state index in [-0.39, 0.29) is 12.1 Å². The Morgan fingerprint density at radius 1 is 1.40 bits per heavy atom. The van der Waals surface area contributed by atoms with Gasteiger partial charge in [-0.1, -0.05) is 20.3 Å². The molecule has 1 aromatic heterocycles. The van der Waals surface area contributed by atoms with Crippen molar-refractivity contribution in [1.29, 1.82) is 0 Å². The molecule has 1 heterocycles. The van der Waals surface area contributed by atoms with E-state index in [2.05, 4.69) is 40.2 Å². The fourth-order valence-corrected chi connectivity index (χ4v) is 2.91. The molecule has 6 heteroatoms. The minimum atomic E-state index is 0.124. The summed E-state index contributed by atoms with van der Waals surface area (Å²) >= 11 is 3.61. The maximum Gasteiger partial charge on any atom is 0.0781 e. The van der Waals surface area contributed by atoms with Crippen molar-refractivity contribution < 1.29 is 9.47 Å². The van der Waals surface area contributed by atoms with Gasteiger partial charge in [-0.25, -0.2) is 0 Å². The minimum absolute atomic E-state index is 0.124. The summed E-state index contributed by atoms with van der Waals surface area (Å²) in [6, 6.07) is 0.124. The highest BCUT2D eigenvalue weighted by molar-refractivity contribution is 9.10. The van der Waals surface area contributed by atoms with Gasteiger partial charge >= 0.3 is 0 Å². The van der Waals surface area contributed by atoms with Crippen LogP contribution in [0.3, 0.4) is 0 Å². The van der Waals surface area contributed by atoms with Gasteiger partial charge in [0.15, 0.2) is 0 Å². The van der Waals surface area contributed by atoms with Crippen LogP contribution in [0, 0.1) is 0 Å². The number of ether oxygens (including phenoxy) is 2. The standard InChI is InChI=1S/C14H26BrN3O2/c1-5-7-12(20-4)13(16-6-2)14-11(15)10-17-18(14)8-9-19-3/h10,12-13,16H,5-9H2,1-4H3. The van der Waals surface area contributed by atoms with Crippen LogP contribution >= 0.6 is 15.9 Å². The summed E-state index contributed by atoms with van der Waals surface area (Å²) in [5, 5.41) is 7.95. The van der Waals surface area contributed by atoms with Crippen molar-refractivity contribution in [2.45, 2.75) is 45.4 Å². The maximum atomic E-state index is 5.69. The largest absolute Gasteiger partial charge is 0.383 e. The smallest absolute Gasteiger partial charge is 0.0781 e. The van der Waals surface area contributed by atoms with Crippen LogP contribution in [0.1, 0.15) is 38.4 Å². The van der Waals surface area contributed by atoms with Crippen LogP contribution in [0.5, 0.6) is 0 Å². The Morgan fingerprint density at radius 2 is 2.15 bits per heavy atom. The summed E-state index contributed by atoms with van der Waals surface area (Å²) in [6.45, 7) is 6.55. The van der Waals surface area contributed by atoms with E-state index in [0.717, 1.165) is 36.1 Å². The molecule has 1 N–H and O–H groups in total. The van der Waals surface area contributed by atoms with E-state index < -0.39 is 0 Å². The van der Waals surface area contributed by atoms with Crippen LogP contribution < -0.4 is 5.32 Å². The van der Waals surface area contributed by atoms with E-state index >= 15 is 0 Å². The lowest BCUT2D eigenvalue weighted by Gasteiger charge is -2.27. The SMILES string of the molecule is CCCC(OC)C(NCC)c1c(Br)cnn1CCOC. The number of hydrogen-bond donors (Lipinski definition) is 1. The molecule has 116 valence electrons. The number of hydrogen-bond acceptors (Lipinski definition) is 4. The minimum Gasteiger partial charge on any atom is -0.383 e.